The van der Waals surface area contributed by atoms with Crippen LogP contribution < -0.4 is 11.0 Å². The molecule has 0 fully saturated rings. The van der Waals surface area contributed by atoms with E-state index in [1.807, 2.05) is 38.1 Å². The minimum absolute atomic E-state index is 0.663. The van der Waals surface area contributed by atoms with Gasteiger partial charge in [-0.15, -0.1) is 0 Å². The number of rotatable bonds is 5. The molecule has 0 aliphatic heterocycles. The molecule has 0 amide bonds. The third-order valence-corrected chi connectivity index (χ3v) is 3.30. The third-order valence-electron chi connectivity index (χ3n) is 1.60. The summed E-state index contributed by atoms with van der Waals surface area (Å²) < 4.78 is 11.0. The zero-order chi connectivity index (χ0) is 10.4. The van der Waals surface area contributed by atoms with Crippen LogP contribution >= 0.6 is 8.38 Å². The van der Waals surface area contributed by atoms with Gasteiger partial charge in [-0.05, 0) is 38.1 Å². The van der Waals surface area contributed by atoms with Crippen molar-refractivity contribution in [3.05, 3.63) is 24.3 Å². The van der Waals surface area contributed by atoms with E-state index in [-0.39, 0.29) is 0 Å². The predicted octanol–water partition coefficient (Wildman–Crippen LogP) is 2.28. The molecule has 0 spiro atoms. The molecule has 1 aromatic carbocycles. The van der Waals surface area contributed by atoms with Gasteiger partial charge in [0.25, 0.3) is 0 Å². The Bertz CT molecular complexity index is 257. The summed E-state index contributed by atoms with van der Waals surface area (Å²) >= 11 is 0. The molecule has 14 heavy (non-hydrogen) atoms. The van der Waals surface area contributed by atoms with E-state index >= 15 is 0 Å². The summed E-state index contributed by atoms with van der Waals surface area (Å²) in [5.74, 6) is 0. The highest BCUT2D eigenvalue weighted by atomic mass is 31.2. The summed E-state index contributed by atoms with van der Waals surface area (Å²) in [6.07, 6.45) is 0. The number of hydrogen-bond acceptors (Lipinski definition) is 3. The minimum atomic E-state index is -0.924. The second-order valence-electron chi connectivity index (χ2n) is 2.68. The van der Waals surface area contributed by atoms with Crippen LogP contribution in [-0.2, 0) is 9.05 Å². The Hall–Kier alpha value is -0.630. The van der Waals surface area contributed by atoms with Gasteiger partial charge < -0.3 is 14.8 Å². The molecule has 1 rings (SSSR count). The van der Waals surface area contributed by atoms with Gasteiger partial charge in [0.05, 0.1) is 13.2 Å². The van der Waals surface area contributed by atoms with Crippen molar-refractivity contribution in [2.24, 2.45) is 0 Å². The van der Waals surface area contributed by atoms with E-state index in [1.165, 1.54) is 0 Å². The second kappa shape index (κ2) is 5.97. The van der Waals surface area contributed by atoms with E-state index in [0.29, 0.717) is 13.2 Å². The maximum atomic E-state index is 5.60. The second-order valence-corrected chi connectivity index (χ2v) is 4.23. The molecule has 78 valence electrons. The highest BCUT2D eigenvalue weighted by Gasteiger charge is 2.11. The van der Waals surface area contributed by atoms with Crippen molar-refractivity contribution >= 4 is 19.4 Å². The fourth-order valence-electron chi connectivity index (χ4n) is 1.02. The van der Waals surface area contributed by atoms with E-state index in [1.54, 1.807) is 0 Å². The Labute approximate surface area is 86.1 Å². The molecular weight excluding hydrogens is 197 g/mol. The maximum absolute atomic E-state index is 5.60. The van der Waals surface area contributed by atoms with Crippen molar-refractivity contribution in [1.82, 2.24) is 0 Å². The summed E-state index contributed by atoms with van der Waals surface area (Å²) in [5, 5.41) is 1.07. The molecule has 1 aromatic rings. The Morgan fingerprint density at radius 1 is 1.07 bits per heavy atom. The Kier molecular flexibility index (Phi) is 4.88. The number of hydrogen-bond donors (Lipinski definition) is 1. The van der Waals surface area contributed by atoms with Crippen LogP contribution in [0.3, 0.4) is 0 Å². The van der Waals surface area contributed by atoms with Crippen LogP contribution in [0.2, 0.25) is 0 Å². The molecule has 2 N–H and O–H groups in total. The highest BCUT2D eigenvalue weighted by molar-refractivity contribution is 7.56. The fraction of sp³-hybridized carbons (Fsp3) is 0.400. The van der Waals surface area contributed by atoms with Crippen molar-refractivity contribution in [2.45, 2.75) is 13.8 Å². The van der Waals surface area contributed by atoms with Crippen LogP contribution in [0.25, 0.3) is 0 Å². The molecule has 0 bridgehead atoms. The molecule has 0 heterocycles. The summed E-state index contributed by atoms with van der Waals surface area (Å²) in [7, 11) is -0.924. The molecule has 0 unspecified atom stereocenters. The Morgan fingerprint density at radius 3 is 2.00 bits per heavy atom. The first-order chi connectivity index (χ1) is 6.77. The van der Waals surface area contributed by atoms with Crippen LogP contribution in [-0.4, -0.2) is 13.2 Å². The topological polar surface area (TPSA) is 44.5 Å². The quantitative estimate of drug-likeness (QED) is 0.602. The van der Waals surface area contributed by atoms with Crippen LogP contribution in [0, 0.1) is 0 Å². The number of nitrogens with two attached hydrogens (primary N) is 1. The van der Waals surface area contributed by atoms with E-state index in [4.69, 9.17) is 14.8 Å². The average molecular weight is 213 g/mol. The van der Waals surface area contributed by atoms with E-state index in [9.17, 15) is 0 Å². The lowest BCUT2D eigenvalue weighted by Crippen LogP contribution is -2.06. The molecule has 3 nitrogen and oxygen atoms in total. The van der Waals surface area contributed by atoms with Gasteiger partial charge in [-0.2, -0.15) is 0 Å². The number of benzene rings is 1. The van der Waals surface area contributed by atoms with Crippen LogP contribution in [0.4, 0.5) is 5.69 Å². The normalized spacial score (nSPS) is 10.8. The summed E-state index contributed by atoms with van der Waals surface area (Å²) in [4.78, 5) is 0. The largest absolute Gasteiger partial charge is 0.399 e. The smallest absolute Gasteiger partial charge is 0.205 e. The first-order valence-corrected chi connectivity index (χ1v) is 5.87. The highest BCUT2D eigenvalue weighted by Crippen LogP contribution is 2.36. The lowest BCUT2D eigenvalue weighted by atomic mass is 10.3. The summed E-state index contributed by atoms with van der Waals surface area (Å²) in [6.45, 7) is 5.25. The first kappa shape index (κ1) is 11.4. The van der Waals surface area contributed by atoms with Gasteiger partial charge in [-0.25, -0.2) is 0 Å². The zero-order valence-corrected chi connectivity index (χ0v) is 9.46. The van der Waals surface area contributed by atoms with Gasteiger partial charge in [0.15, 0.2) is 0 Å². The molecule has 0 atom stereocenters. The lowest BCUT2D eigenvalue weighted by Gasteiger charge is -2.15. The standard InChI is InChI=1S/C10H16NO2P/c1-3-12-14(13-4-2)10-7-5-9(11)6-8-10/h5-8H,3-4,11H2,1-2H3. The zero-order valence-electron chi connectivity index (χ0n) is 8.56. The minimum Gasteiger partial charge on any atom is -0.399 e. The van der Waals surface area contributed by atoms with E-state index in [0.717, 1.165) is 11.0 Å². The van der Waals surface area contributed by atoms with Gasteiger partial charge in [0, 0.05) is 11.0 Å². The lowest BCUT2D eigenvalue weighted by molar-refractivity contribution is 0.277. The monoisotopic (exact) mass is 213 g/mol. The number of anilines is 1. The average Bonchev–Trinajstić information content (AvgIpc) is 2.19. The molecule has 0 aromatic heterocycles. The fourth-order valence-corrected chi connectivity index (χ4v) is 2.25. The molecule has 0 saturated carbocycles. The summed E-state index contributed by atoms with van der Waals surface area (Å²) in [5.41, 5.74) is 6.36. The third kappa shape index (κ3) is 3.26. The van der Waals surface area contributed by atoms with Gasteiger partial charge in [-0.3, -0.25) is 0 Å². The van der Waals surface area contributed by atoms with Crippen molar-refractivity contribution in [3.63, 3.8) is 0 Å². The molecule has 0 saturated heterocycles. The molecule has 4 heteroatoms. The van der Waals surface area contributed by atoms with Gasteiger partial charge >= 0.3 is 0 Å². The van der Waals surface area contributed by atoms with Crippen molar-refractivity contribution < 1.29 is 9.05 Å². The predicted molar refractivity (Wildman–Crippen MR) is 60.7 cm³/mol. The Morgan fingerprint density at radius 2 is 1.57 bits per heavy atom. The van der Waals surface area contributed by atoms with Crippen LogP contribution in [0.1, 0.15) is 13.8 Å². The molecule has 0 radical (unpaired) electrons. The van der Waals surface area contributed by atoms with Crippen LogP contribution in [0.15, 0.2) is 24.3 Å². The van der Waals surface area contributed by atoms with Crippen molar-refractivity contribution in [1.29, 1.82) is 0 Å². The van der Waals surface area contributed by atoms with E-state index in [2.05, 4.69) is 0 Å². The van der Waals surface area contributed by atoms with Gasteiger partial charge in [-0.1, -0.05) is 0 Å². The molecular formula is C10H16NO2P. The summed E-state index contributed by atoms with van der Waals surface area (Å²) in [6, 6.07) is 7.63. The van der Waals surface area contributed by atoms with Gasteiger partial charge in [0.1, 0.15) is 0 Å². The maximum Gasteiger partial charge on any atom is 0.205 e. The van der Waals surface area contributed by atoms with Crippen molar-refractivity contribution in [2.75, 3.05) is 18.9 Å². The van der Waals surface area contributed by atoms with E-state index < -0.39 is 8.38 Å². The SMILES string of the molecule is CCOP(OCC)c1ccc(N)cc1. The Balaban J connectivity index is 2.71. The van der Waals surface area contributed by atoms with Crippen molar-refractivity contribution in [3.8, 4) is 0 Å². The molecule has 0 aliphatic carbocycles. The van der Waals surface area contributed by atoms with Gasteiger partial charge in [0.2, 0.25) is 8.38 Å². The van der Waals surface area contributed by atoms with Crippen LogP contribution in [0.5, 0.6) is 0 Å². The first-order valence-electron chi connectivity index (χ1n) is 4.69. The number of nitrogen functional groups attached to an aromatic ring is 1. The molecule has 0 aliphatic rings.